The normalized spacial score (nSPS) is 12.0. The van der Waals surface area contributed by atoms with Crippen LogP contribution in [0.4, 0.5) is 0 Å². The Morgan fingerprint density at radius 1 is 1.33 bits per heavy atom. The second-order valence-corrected chi connectivity index (χ2v) is 6.28. The Kier molecular flexibility index (Phi) is 4.10. The molecule has 0 saturated heterocycles. The molecule has 0 atom stereocenters. The molecule has 2 aromatic rings. The minimum Gasteiger partial charge on any atom is -0.319 e. The molecule has 0 amide bonds. The summed E-state index contributed by atoms with van der Waals surface area (Å²) in [6.07, 6.45) is 4.49. The first-order valence-corrected chi connectivity index (χ1v) is 7.58. The molecule has 0 fully saturated rings. The van der Waals surface area contributed by atoms with Gasteiger partial charge >= 0.3 is 0 Å². The quantitative estimate of drug-likeness (QED) is 0.798. The minimum atomic E-state index is -3.91. The zero-order valence-electron chi connectivity index (χ0n) is 11.6. The molecule has 108 valence electrons. The number of nitrogens with zero attached hydrogens (tertiary/aromatic N) is 4. The van der Waals surface area contributed by atoms with Crippen LogP contribution in [-0.4, -0.2) is 32.2 Å². The van der Waals surface area contributed by atoms with Gasteiger partial charge in [0, 0.05) is 26.5 Å². The summed E-state index contributed by atoms with van der Waals surface area (Å²) in [5, 5.41) is 10.8. The average molecular weight is 302 g/mol. The molecular formula is C14H14N4O2S. The topological polar surface area (TPSA) is 79.0 Å². The summed E-state index contributed by atoms with van der Waals surface area (Å²) >= 11 is 0. The van der Waals surface area contributed by atoms with Crippen molar-refractivity contribution in [2.24, 2.45) is 0 Å². The molecule has 0 spiro atoms. The highest BCUT2D eigenvalue weighted by molar-refractivity contribution is 7.95. The van der Waals surface area contributed by atoms with Gasteiger partial charge in [-0.3, -0.25) is 4.68 Å². The van der Waals surface area contributed by atoms with E-state index < -0.39 is 9.84 Å². The van der Waals surface area contributed by atoms with Crippen LogP contribution < -0.4 is 5.01 Å². The molecule has 0 aromatic carbocycles. The molecule has 0 saturated carbocycles. The molecular weight excluding hydrogens is 288 g/mol. The van der Waals surface area contributed by atoms with Gasteiger partial charge in [-0.05, 0) is 30.3 Å². The van der Waals surface area contributed by atoms with Crippen LogP contribution in [0.5, 0.6) is 0 Å². The zero-order valence-corrected chi connectivity index (χ0v) is 12.4. The van der Waals surface area contributed by atoms with Gasteiger partial charge in [-0.15, -0.1) is 0 Å². The highest BCUT2D eigenvalue weighted by Crippen LogP contribution is 2.19. The van der Waals surface area contributed by atoms with Gasteiger partial charge in [-0.2, -0.15) is 5.26 Å². The SMILES string of the molecule is CN(C)n1cccc1/C=C(/C#N)S(=O)(=O)c1ccccn1. The number of hydrogen-bond donors (Lipinski definition) is 0. The molecule has 0 N–H and O–H groups in total. The molecule has 2 heterocycles. The molecule has 2 aromatic heterocycles. The number of rotatable bonds is 4. The lowest BCUT2D eigenvalue weighted by atomic mass is 10.4. The number of aromatic nitrogens is 2. The summed E-state index contributed by atoms with van der Waals surface area (Å²) in [6, 6.07) is 9.80. The van der Waals surface area contributed by atoms with Crippen LogP contribution in [0, 0.1) is 11.3 Å². The predicted molar refractivity (Wildman–Crippen MR) is 79.5 cm³/mol. The predicted octanol–water partition coefficient (Wildman–Crippen LogP) is 1.42. The number of allylic oxidation sites excluding steroid dienone is 1. The highest BCUT2D eigenvalue weighted by Gasteiger charge is 2.22. The van der Waals surface area contributed by atoms with Crippen LogP contribution in [0.25, 0.3) is 6.08 Å². The third-order valence-corrected chi connectivity index (χ3v) is 4.36. The maximum absolute atomic E-state index is 12.4. The summed E-state index contributed by atoms with van der Waals surface area (Å²) in [6.45, 7) is 0. The van der Waals surface area contributed by atoms with E-state index in [0.717, 1.165) is 0 Å². The van der Waals surface area contributed by atoms with Crippen molar-refractivity contribution in [3.8, 4) is 6.07 Å². The van der Waals surface area contributed by atoms with E-state index in [2.05, 4.69) is 4.98 Å². The Hall–Kier alpha value is -2.59. The van der Waals surface area contributed by atoms with Crippen molar-refractivity contribution in [2.45, 2.75) is 5.03 Å². The van der Waals surface area contributed by atoms with Crippen molar-refractivity contribution in [3.05, 3.63) is 53.3 Å². The molecule has 0 radical (unpaired) electrons. The average Bonchev–Trinajstić information content (AvgIpc) is 2.94. The Bertz CT molecular complexity index is 799. The fourth-order valence-electron chi connectivity index (χ4n) is 1.79. The van der Waals surface area contributed by atoms with Gasteiger partial charge in [0.15, 0.2) is 9.93 Å². The largest absolute Gasteiger partial charge is 0.319 e. The smallest absolute Gasteiger partial charge is 0.233 e. The van der Waals surface area contributed by atoms with Gasteiger partial charge in [0.25, 0.3) is 0 Å². The van der Waals surface area contributed by atoms with E-state index in [1.807, 2.05) is 14.1 Å². The van der Waals surface area contributed by atoms with E-state index in [1.165, 1.54) is 18.3 Å². The first kappa shape index (κ1) is 14.8. The van der Waals surface area contributed by atoms with E-state index in [4.69, 9.17) is 0 Å². The summed E-state index contributed by atoms with van der Waals surface area (Å²) in [5.41, 5.74) is 0.594. The first-order chi connectivity index (χ1) is 9.96. The molecule has 0 aliphatic rings. The highest BCUT2D eigenvalue weighted by atomic mass is 32.2. The van der Waals surface area contributed by atoms with E-state index in [0.29, 0.717) is 5.69 Å². The number of sulfone groups is 1. The van der Waals surface area contributed by atoms with E-state index >= 15 is 0 Å². The van der Waals surface area contributed by atoms with E-state index in [9.17, 15) is 13.7 Å². The third-order valence-electron chi connectivity index (χ3n) is 2.78. The van der Waals surface area contributed by atoms with Crippen LogP contribution in [-0.2, 0) is 9.84 Å². The van der Waals surface area contributed by atoms with Crippen LogP contribution in [0.15, 0.2) is 52.7 Å². The van der Waals surface area contributed by atoms with Gasteiger partial charge < -0.3 is 5.01 Å². The van der Waals surface area contributed by atoms with Crippen molar-refractivity contribution < 1.29 is 8.42 Å². The van der Waals surface area contributed by atoms with Gasteiger partial charge in [0.1, 0.15) is 6.07 Å². The molecule has 21 heavy (non-hydrogen) atoms. The van der Waals surface area contributed by atoms with Crippen molar-refractivity contribution in [1.82, 2.24) is 9.66 Å². The fourth-order valence-corrected chi connectivity index (χ4v) is 2.87. The van der Waals surface area contributed by atoms with Crippen LogP contribution >= 0.6 is 0 Å². The lowest BCUT2D eigenvalue weighted by molar-refractivity contribution is 0.599. The second kappa shape index (κ2) is 5.81. The molecule has 0 aliphatic carbocycles. The summed E-state index contributed by atoms with van der Waals surface area (Å²) < 4.78 is 26.5. The van der Waals surface area contributed by atoms with E-state index in [1.54, 1.807) is 46.2 Å². The van der Waals surface area contributed by atoms with Gasteiger partial charge in [0.2, 0.25) is 9.84 Å². The molecule has 0 unspecified atom stereocenters. The van der Waals surface area contributed by atoms with E-state index in [-0.39, 0.29) is 9.93 Å². The summed E-state index contributed by atoms with van der Waals surface area (Å²) in [5.74, 6) is 0. The zero-order chi connectivity index (χ0) is 15.5. The molecule has 0 aliphatic heterocycles. The van der Waals surface area contributed by atoms with Gasteiger partial charge in [-0.1, -0.05) is 6.07 Å². The Balaban J connectivity index is 2.52. The molecule has 0 bridgehead atoms. The summed E-state index contributed by atoms with van der Waals surface area (Å²) in [4.78, 5) is 3.46. The van der Waals surface area contributed by atoms with Crippen LogP contribution in [0.1, 0.15) is 5.69 Å². The number of pyridine rings is 1. The van der Waals surface area contributed by atoms with Crippen molar-refractivity contribution >= 4 is 15.9 Å². The molecule has 7 heteroatoms. The van der Waals surface area contributed by atoms with Crippen molar-refractivity contribution in [3.63, 3.8) is 0 Å². The fraction of sp³-hybridized carbons (Fsp3) is 0.143. The van der Waals surface area contributed by atoms with Crippen LogP contribution in [0.3, 0.4) is 0 Å². The Morgan fingerprint density at radius 3 is 2.67 bits per heavy atom. The Labute approximate surface area is 123 Å². The van der Waals surface area contributed by atoms with Gasteiger partial charge in [0.05, 0.1) is 5.69 Å². The second-order valence-electron chi connectivity index (χ2n) is 4.42. The van der Waals surface area contributed by atoms with Crippen molar-refractivity contribution in [2.75, 3.05) is 19.1 Å². The Morgan fingerprint density at radius 2 is 2.10 bits per heavy atom. The molecule has 6 nitrogen and oxygen atoms in total. The minimum absolute atomic E-state index is 0.138. The third kappa shape index (κ3) is 2.95. The number of nitriles is 1. The maximum Gasteiger partial charge on any atom is 0.233 e. The lowest BCUT2D eigenvalue weighted by Gasteiger charge is -2.16. The molecule has 2 rings (SSSR count). The summed E-state index contributed by atoms with van der Waals surface area (Å²) in [7, 11) is -0.280. The van der Waals surface area contributed by atoms with Crippen LogP contribution in [0.2, 0.25) is 0 Å². The number of hydrogen-bond acceptors (Lipinski definition) is 5. The monoisotopic (exact) mass is 302 g/mol. The lowest BCUT2D eigenvalue weighted by Crippen LogP contribution is -2.24. The van der Waals surface area contributed by atoms with Gasteiger partial charge in [-0.25, -0.2) is 13.4 Å². The standard InChI is InChI=1S/C14H14N4O2S/c1-17(2)18-9-5-6-12(18)10-13(11-15)21(19,20)14-7-3-4-8-16-14/h3-10H,1-2H3/b13-10-. The van der Waals surface area contributed by atoms with Crippen molar-refractivity contribution in [1.29, 1.82) is 5.26 Å². The maximum atomic E-state index is 12.4. The first-order valence-electron chi connectivity index (χ1n) is 6.09.